The number of hydrogen-bond donors (Lipinski definition) is 2. The second kappa shape index (κ2) is 7.26. The smallest absolute Gasteiger partial charge is 0.249 e. The first-order chi connectivity index (χ1) is 9.29. The molecule has 1 aliphatic heterocycles. The van der Waals surface area contributed by atoms with Gasteiger partial charge in [-0.1, -0.05) is 30.3 Å². The van der Waals surface area contributed by atoms with Gasteiger partial charge in [0.05, 0.1) is 12.6 Å². The second-order valence-electron chi connectivity index (χ2n) is 4.93. The van der Waals surface area contributed by atoms with E-state index in [2.05, 4.69) is 5.32 Å². The Morgan fingerprint density at radius 3 is 2.79 bits per heavy atom. The molecule has 1 fully saturated rings. The van der Waals surface area contributed by atoms with Crippen LogP contribution in [0.15, 0.2) is 30.3 Å². The van der Waals surface area contributed by atoms with Crippen LogP contribution in [0, 0.1) is 0 Å². The van der Waals surface area contributed by atoms with Crippen molar-refractivity contribution in [1.29, 1.82) is 0 Å². The molecule has 2 rings (SSSR count). The Balaban J connectivity index is 1.86. The van der Waals surface area contributed by atoms with Crippen LogP contribution in [0.25, 0.3) is 0 Å². The monoisotopic (exact) mass is 263 g/mol. The maximum absolute atomic E-state index is 12.0. The standard InChI is InChI=1S/C15H21NO3/c17-11-13(10-12-6-2-1-3-7-12)16-15(18)14-8-4-5-9-19-14/h1-3,6-7,13-14,17H,4-5,8-11H2,(H,16,18)/t13-,14?/m0/s1. The van der Waals surface area contributed by atoms with Crippen LogP contribution >= 0.6 is 0 Å². The number of benzene rings is 1. The molecule has 4 heteroatoms. The summed E-state index contributed by atoms with van der Waals surface area (Å²) in [6.45, 7) is 0.591. The summed E-state index contributed by atoms with van der Waals surface area (Å²) in [5, 5.41) is 12.3. The van der Waals surface area contributed by atoms with E-state index in [0.29, 0.717) is 13.0 Å². The molecule has 1 heterocycles. The van der Waals surface area contributed by atoms with Gasteiger partial charge >= 0.3 is 0 Å². The lowest BCUT2D eigenvalue weighted by atomic mass is 10.0. The first-order valence-corrected chi connectivity index (χ1v) is 6.86. The normalized spacial score (nSPS) is 20.8. The first kappa shape index (κ1) is 14.0. The number of carbonyl (C=O) groups excluding carboxylic acids is 1. The van der Waals surface area contributed by atoms with Crippen molar-refractivity contribution in [2.45, 2.75) is 37.8 Å². The summed E-state index contributed by atoms with van der Waals surface area (Å²) < 4.78 is 5.44. The summed E-state index contributed by atoms with van der Waals surface area (Å²) in [7, 11) is 0. The molecule has 1 amide bonds. The zero-order valence-electron chi connectivity index (χ0n) is 11.0. The SMILES string of the molecule is O=C(N[C@H](CO)Cc1ccccc1)C1CCCCO1. The van der Waals surface area contributed by atoms with Gasteiger partial charge in [0.1, 0.15) is 6.10 Å². The van der Waals surface area contributed by atoms with Gasteiger partial charge < -0.3 is 15.2 Å². The van der Waals surface area contributed by atoms with E-state index in [4.69, 9.17) is 4.74 Å². The van der Waals surface area contributed by atoms with Crippen LogP contribution in [0.3, 0.4) is 0 Å². The number of rotatable bonds is 5. The van der Waals surface area contributed by atoms with Crippen LogP contribution in [-0.4, -0.2) is 36.4 Å². The molecule has 1 saturated heterocycles. The lowest BCUT2D eigenvalue weighted by molar-refractivity contribution is -0.136. The number of carbonyl (C=O) groups is 1. The molecule has 0 bridgehead atoms. The molecular weight excluding hydrogens is 242 g/mol. The van der Waals surface area contributed by atoms with E-state index in [9.17, 15) is 9.90 Å². The van der Waals surface area contributed by atoms with E-state index in [1.54, 1.807) is 0 Å². The molecule has 1 aliphatic rings. The minimum atomic E-state index is -0.349. The highest BCUT2D eigenvalue weighted by molar-refractivity contribution is 5.81. The molecule has 0 aromatic heterocycles. The molecule has 104 valence electrons. The largest absolute Gasteiger partial charge is 0.394 e. The maximum atomic E-state index is 12.0. The first-order valence-electron chi connectivity index (χ1n) is 6.86. The predicted octanol–water partition coefficient (Wildman–Crippen LogP) is 1.28. The number of ether oxygens (including phenoxy) is 1. The maximum Gasteiger partial charge on any atom is 0.249 e. The molecule has 0 spiro atoms. The molecule has 0 radical (unpaired) electrons. The average molecular weight is 263 g/mol. The van der Waals surface area contributed by atoms with Crippen molar-refractivity contribution in [1.82, 2.24) is 5.32 Å². The van der Waals surface area contributed by atoms with Gasteiger partial charge in [-0.15, -0.1) is 0 Å². The number of nitrogens with one attached hydrogen (secondary N) is 1. The van der Waals surface area contributed by atoms with Crippen LogP contribution in [0.1, 0.15) is 24.8 Å². The summed E-state index contributed by atoms with van der Waals surface area (Å²) in [6, 6.07) is 9.59. The van der Waals surface area contributed by atoms with Gasteiger partial charge in [-0.25, -0.2) is 0 Å². The number of aliphatic hydroxyl groups excluding tert-OH is 1. The minimum absolute atomic E-state index is 0.0621. The van der Waals surface area contributed by atoms with Crippen molar-refractivity contribution < 1.29 is 14.6 Å². The van der Waals surface area contributed by atoms with Crippen molar-refractivity contribution >= 4 is 5.91 Å². The third-order valence-electron chi connectivity index (χ3n) is 3.36. The fourth-order valence-electron chi connectivity index (χ4n) is 2.30. The molecule has 1 unspecified atom stereocenters. The summed E-state index contributed by atoms with van der Waals surface area (Å²) in [6.07, 6.45) is 3.11. The van der Waals surface area contributed by atoms with Gasteiger partial charge in [-0.2, -0.15) is 0 Å². The van der Waals surface area contributed by atoms with E-state index in [1.807, 2.05) is 30.3 Å². The summed E-state index contributed by atoms with van der Waals surface area (Å²) in [4.78, 5) is 12.0. The molecule has 4 nitrogen and oxygen atoms in total. The highest BCUT2D eigenvalue weighted by atomic mass is 16.5. The number of aliphatic hydroxyl groups is 1. The van der Waals surface area contributed by atoms with Crippen molar-refractivity contribution in [3.05, 3.63) is 35.9 Å². The Morgan fingerprint density at radius 2 is 2.16 bits per heavy atom. The Morgan fingerprint density at radius 1 is 1.37 bits per heavy atom. The van der Waals surface area contributed by atoms with Crippen LogP contribution in [0.5, 0.6) is 0 Å². The van der Waals surface area contributed by atoms with E-state index in [0.717, 1.165) is 24.8 Å². The average Bonchev–Trinajstić information content (AvgIpc) is 2.48. The predicted molar refractivity (Wildman–Crippen MR) is 72.8 cm³/mol. The Kier molecular flexibility index (Phi) is 5.36. The van der Waals surface area contributed by atoms with Crippen LogP contribution < -0.4 is 5.32 Å². The van der Waals surface area contributed by atoms with Crippen molar-refractivity contribution in [2.24, 2.45) is 0 Å². The minimum Gasteiger partial charge on any atom is -0.394 e. The fourth-order valence-corrected chi connectivity index (χ4v) is 2.30. The van der Waals surface area contributed by atoms with Crippen LogP contribution in [-0.2, 0) is 16.0 Å². The highest BCUT2D eigenvalue weighted by Crippen LogP contribution is 2.13. The van der Waals surface area contributed by atoms with E-state index >= 15 is 0 Å². The zero-order chi connectivity index (χ0) is 13.5. The fraction of sp³-hybridized carbons (Fsp3) is 0.533. The molecule has 0 saturated carbocycles. The Hall–Kier alpha value is -1.39. The molecule has 2 N–H and O–H groups in total. The third-order valence-corrected chi connectivity index (χ3v) is 3.36. The van der Waals surface area contributed by atoms with Crippen LogP contribution in [0.4, 0.5) is 0 Å². The summed E-state index contributed by atoms with van der Waals surface area (Å²) >= 11 is 0. The van der Waals surface area contributed by atoms with Crippen LogP contribution in [0.2, 0.25) is 0 Å². The number of amides is 1. The van der Waals surface area contributed by atoms with E-state index in [1.165, 1.54) is 0 Å². The molecular formula is C15H21NO3. The van der Waals surface area contributed by atoms with Gasteiger partial charge in [0, 0.05) is 6.61 Å². The third kappa shape index (κ3) is 4.33. The van der Waals surface area contributed by atoms with Gasteiger partial charge in [-0.05, 0) is 31.2 Å². The summed E-state index contributed by atoms with van der Waals surface area (Å²) in [5.41, 5.74) is 1.10. The highest BCUT2D eigenvalue weighted by Gasteiger charge is 2.23. The lowest BCUT2D eigenvalue weighted by Crippen LogP contribution is -2.46. The van der Waals surface area contributed by atoms with E-state index in [-0.39, 0.29) is 24.7 Å². The van der Waals surface area contributed by atoms with Crippen molar-refractivity contribution in [3.63, 3.8) is 0 Å². The van der Waals surface area contributed by atoms with E-state index < -0.39 is 0 Å². The quantitative estimate of drug-likeness (QED) is 0.841. The molecule has 19 heavy (non-hydrogen) atoms. The molecule has 1 aromatic rings. The van der Waals surface area contributed by atoms with Gasteiger partial charge in [0.15, 0.2) is 0 Å². The molecule has 2 atom stereocenters. The lowest BCUT2D eigenvalue weighted by Gasteiger charge is -2.24. The Labute approximate surface area is 113 Å². The second-order valence-corrected chi connectivity index (χ2v) is 4.93. The van der Waals surface area contributed by atoms with Crippen molar-refractivity contribution in [2.75, 3.05) is 13.2 Å². The van der Waals surface area contributed by atoms with Gasteiger partial charge in [0.25, 0.3) is 0 Å². The van der Waals surface area contributed by atoms with Gasteiger partial charge in [0.2, 0.25) is 5.91 Å². The number of hydrogen-bond acceptors (Lipinski definition) is 3. The molecule has 0 aliphatic carbocycles. The van der Waals surface area contributed by atoms with Gasteiger partial charge in [-0.3, -0.25) is 4.79 Å². The topological polar surface area (TPSA) is 58.6 Å². The summed E-state index contributed by atoms with van der Waals surface area (Å²) in [5.74, 6) is -0.102. The molecule has 1 aromatic carbocycles. The Bertz CT molecular complexity index is 388. The zero-order valence-corrected chi connectivity index (χ0v) is 11.0. The van der Waals surface area contributed by atoms with Crippen molar-refractivity contribution in [3.8, 4) is 0 Å².